The maximum atomic E-state index is 11.9. The van der Waals surface area contributed by atoms with Gasteiger partial charge in [0.25, 0.3) is 0 Å². The Hall–Kier alpha value is -1.56. The maximum absolute atomic E-state index is 11.9. The van der Waals surface area contributed by atoms with Crippen molar-refractivity contribution in [1.29, 1.82) is 0 Å². The van der Waals surface area contributed by atoms with Gasteiger partial charge in [-0.1, -0.05) is 0 Å². The molecule has 1 aromatic rings. The lowest BCUT2D eigenvalue weighted by Gasteiger charge is -2.25. The maximum Gasteiger partial charge on any atom is 0.519 e. The fourth-order valence-corrected chi connectivity index (χ4v) is 2.39. The summed E-state index contributed by atoms with van der Waals surface area (Å²) in [5, 5.41) is 0. The molecule has 1 aliphatic carbocycles. The van der Waals surface area contributed by atoms with Crippen LogP contribution in [-0.2, 0) is 16.1 Å². The van der Waals surface area contributed by atoms with Gasteiger partial charge in [0.15, 0.2) is 18.1 Å². The van der Waals surface area contributed by atoms with Crippen LogP contribution >= 0.6 is 0 Å². The van der Waals surface area contributed by atoms with Gasteiger partial charge in [-0.15, -0.1) is 0 Å². The Morgan fingerprint density at radius 2 is 2.00 bits per heavy atom. The molecule has 2 rings (SSSR count). The highest BCUT2D eigenvalue weighted by Gasteiger charge is 2.27. The van der Waals surface area contributed by atoms with Crippen LogP contribution in [0.5, 0.6) is 0 Å². The fourth-order valence-electron chi connectivity index (χ4n) is 2.39. The van der Waals surface area contributed by atoms with Crippen molar-refractivity contribution in [2.45, 2.75) is 39.2 Å². The van der Waals surface area contributed by atoms with Crippen LogP contribution in [0, 0.1) is 18.8 Å². The molecule has 6 heteroatoms. The minimum Gasteiger partial charge on any atom is -0.457 e. The second-order valence-corrected chi connectivity index (χ2v) is 4.99. The van der Waals surface area contributed by atoms with Gasteiger partial charge in [-0.3, -0.25) is 4.79 Å². The van der Waals surface area contributed by atoms with Crippen LogP contribution < -0.4 is 11.6 Å². The van der Waals surface area contributed by atoms with Crippen LogP contribution in [-0.4, -0.2) is 12.5 Å². The largest absolute Gasteiger partial charge is 0.519 e. The third-order valence-electron chi connectivity index (χ3n) is 3.69. The average Bonchev–Trinajstić information content (AvgIpc) is 2.74. The number of rotatable bonds is 4. The normalized spacial score (nSPS) is 23.3. The zero-order chi connectivity index (χ0) is 13.8. The number of hydrogen-bond donors (Lipinski definition) is 1. The van der Waals surface area contributed by atoms with E-state index in [2.05, 4.69) is 0 Å². The molecule has 1 saturated carbocycles. The molecule has 0 saturated heterocycles. The number of esters is 1. The van der Waals surface area contributed by atoms with E-state index in [1.807, 2.05) is 0 Å². The number of aryl methyl sites for hydroxylation is 1. The highest BCUT2D eigenvalue weighted by atomic mass is 16.6. The summed E-state index contributed by atoms with van der Waals surface area (Å²) < 4.78 is 14.6. The molecule has 1 heterocycles. The van der Waals surface area contributed by atoms with Crippen LogP contribution in [0.15, 0.2) is 13.6 Å². The third-order valence-corrected chi connectivity index (χ3v) is 3.69. The van der Waals surface area contributed by atoms with E-state index in [0.717, 1.165) is 25.7 Å². The molecular weight excluding hydrogens is 250 g/mol. The first-order valence-electron chi connectivity index (χ1n) is 6.56. The Bertz CT molecular complexity index is 481. The quantitative estimate of drug-likeness (QED) is 0.829. The molecule has 0 aliphatic heterocycles. The Morgan fingerprint density at radius 3 is 2.53 bits per heavy atom. The van der Waals surface area contributed by atoms with Crippen molar-refractivity contribution in [2.24, 2.45) is 17.6 Å². The molecule has 1 aliphatic rings. The summed E-state index contributed by atoms with van der Waals surface area (Å²) in [7, 11) is 0. The molecule has 0 spiro atoms. The van der Waals surface area contributed by atoms with E-state index in [0.29, 0.717) is 18.2 Å². The van der Waals surface area contributed by atoms with Gasteiger partial charge < -0.3 is 19.3 Å². The molecular formula is C13H19NO5. The van der Waals surface area contributed by atoms with Crippen molar-refractivity contribution < 1.29 is 18.4 Å². The number of carbonyl (C=O) groups excluding carboxylic acids is 1. The molecule has 106 valence electrons. The molecule has 0 radical (unpaired) electrons. The molecule has 0 unspecified atom stereocenters. The van der Waals surface area contributed by atoms with Gasteiger partial charge >= 0.3 is 11.8 Å². The first kappa shape index (κ1) is 13.9. The average molecular weight is 269 g/mol. The van der Waals surface area contributed by atoms with Gasteiger partial charge in [0, 0.05) is 0 Å². The van der Waals surface area contributed by atoms with Crippen LogP contribution in [0.3, 0.4) is 0 Å². The van der Waals surface area contributed by atoms with Crippen LogP contribution in [0.25, 0.3) is 0 Å². The van der Waals surface area contributed by atoms with Crippen LogP contribution in [0.2, 0.25) is 0 Å². The summed E-state index contributed by atoms with van der Waals surface area (Å²) in [4.78, 5) is 22.7. The Morgan fingerprint density at radius 1 is 1.32 bits per heavy atom. The number of ether oxygens (including phenoxy) is 1. The minimum absolute atomic E-state index is 0.0484. The van der Waals surface area contributed by atoms with Crippen molar-refractivity contribution in [3.05, 3.63) is 22.1 Å². The predicted octanol–water partition coefficient (Wildman–Crippen LogP) is 1.35. The summed E-state index contributed by atoms with van der Waals surface area (Å²) in [6.45, 7) is 2.23. The predicted molar refractivity (Wildman–Crippen MR) is 66.3 cm³/mol. The zero-order valence-corrected chi connectivity index (χ0v) is 11.0. The topological polar surface area (TPSA) is 95.7 Å². The monoisotopic (exact) mass is 269 g/mol. The van der Waals surface area contributed by atoms with Gasteiger partial charge in [0.1, 0.15) is 0 Å². The van der Waals surface area contributed by atoms with Gasteiger partial charge in [0.05, 0.1) is 5.92 Å². The number of hydrogen-bond acceptors (Lipinski definition) is 6. The summed E-state index contributed by atoms with van der Waals surface area (Å²) in [6, 6.07) is 0. The molecule has 0 bridgehead atoms. The second-order valence-electron chi connectivity index (χ2n) is 4.99. The van der Waals surface area contributed by atoms with E-state index >= 15 is 0 Å². The van der Waals surface area contributed by atoms with Gasteiger partial charge in [-0.25, -0.2) is 4.79 Å². The molecule has 19 heavy (non-hydrogen) atoms. The second kappa shape index (κ2) is 6.06. The Kier molecular flexibility index (Phi) is 4.42. The van der Waals surface area contributed by atoms with Crippen molar-refractivity contribution >= 4 is 5.97 Å². The minimum atomic E-state index is -0.771. The smallest absolute Gasteiger partial charge is 0.457 e. The Balaban J connectivity index is 1.82. The van der Waals surface area contributed by atoms with Crippen molar-refractivity contribution in [1.82, 2.24) is 0 Å². The van der Waals surface area contributed by atoms with E-state index in [-0.39, 0.29) is 24.3 Å². The highest BCUT2D eigenvalue weighted by molar-refractivity contribution is 5.72. The van der Waals surface area contributed by atoms with E-state index in [9.17, 15) is 9.59 Å². The number of carbonyl (C=O) groups is 1. The van der Waals surface area contributed by atoms with Gasteiger partial charge in [-0.2, -0.15) is 0 Å². The zero-order valence-electron chi connectivity index (χ0n) is 11.0. The lowest BCUT2D eigenvalue weighted by atomic mass is 9.82. The van der Waals surface area contributed by atoms with Crippen molar-refractivity contribution in [3.63, 3.8) is 0 Å². The third kappa shape index (κ3) is 3.47. The van der Waals surface area contributed by atoms with Crippen LogP contribution in [0.1, 0.15) is 37.2 Å². The lowest BCUT2D eigenvalue weighted by Crippen LogP contribution is -2.26. The SMILES string of the molecule is Cc1oc(=O)oc1COC(=O)C1CCC(CN)CC1. The summed E-state index contributed by atoms with van der Waals surface area (Å²) in [6.07, 6.45) is 3.57. The van der Waals surface area contributed by atoms with Crippen molar-refractivity contribution in [2.75, 3.05) is 6.54 Å². The summed E-state index contributed by atoms with van der Waals surface area (Å²) in [5.41, 5.74) is 5.61. The van der Waals surface area contributed by atoms with E-state index in [4.69, 9.17) is 19.3 Å². The standard InChI is InChI=1S/C13H19NO5/c1-8-11(19-13(16)18-8)7-17-12(15)10-4-2-9(6-14)3-5-10/h9-10H,2-7,14H2,1H3. The van der Waals surface area contributed by atoms with Gasteiger partial charge in [0.2, 0.25) is 0 Å². The summed E-state index contributed by atoms with van der Waals surface area (Å²) in [5.74, 6) is 0.0734. The molecule has 6 nitrogen and oxygen atoms in total. The number of nitrogens with two attached hydrogens (primary N) is 1. The first-order chi connectivity index (χ1) is 9.10. The van der Waals surface area contributed by atoms with E-state index in [1.165, 1.54) is 0 Å². The van der Waals surface area contributed by atoms with E-state index < -0.39 is 5.82 Å². The molecule has 0 amide bonds. The Labute approximate surface area is 110 Å². The summed E-state index contributed by atoms with van der Waals surface area (Å²) >= 11 is 0. The van der Waals surface area contributed by atoms with Crippen molar-refractivity contribution in [3.8, 4) is 0 Å². The highest BCUT2D eigenvalue weighted by Crippen LogP contribution is 2.29. The first-order valence-corrected chi connectivity index (χ1v) is 6.56. The molecule has 0 atom stereocenters. The van der Waals surface area contributed by atoms with Gasteiger partial charge in [-0.05, 0) is 45.1 Å². The fraction of sp³-hybridized carbons (Fsp3) is 0.692. The molecule has 0 aromatic carbocycles. The molecule has 1 fully saturated rings. The molecule has 2 N–H and O–H groups in total. The van der Waals surface area contributed by atoms with E-state index in [1.54, 1.807) is 6.92 Å². The van der Waals surface area contributed by atoms with Crippen LogP contribution in [0.4, 0.5) is 0 Å². The molecule has 1 aromatic heterocycles. The lowest BCUT2D eigenvalue weighted by molar-refractivity contribution is -0.151.